The van der Waals surface area contributed by atoms with Crippen LogP contribution in [-0.2, 0) is 14.3 Å². The number of hydrogen-bond acceptors (Lipinski definition) is 6. The third-order valence-corrected chi connectivity index (χ3v) is 3.75. The molecule has 3 rings (SSSR count). The zero-order valence-corrected chi connectivity index (χ0v) is 14.5. The first kappa shape index (κ1) is 18.0. The van der Waals surface area contributed by atoms with E-state index < -0.39 is 18.0 Å². The van der Waals surface area contributed by atoms with Crippen LogP contribution in [-0.4, -0.2) is 24.8 Å². The van der Waals surface area contributed by atoms with Crippen molar-refractivity contribution in [1.29, 1.82) is 5.26 Å². The molecule has 0 bridgehead atoms. The van der Waals surface area contributed by atoms with Gasteiger partial charge in [-0.1, -0.05) is 12.1 Å². The van der Waals surface area contributed by atoms with Gasteiger partial charge in [0, 0.05) is 17.8 Å². The van der Waals surface area contributed by atoms with E-state index in [9.17, 15) is 9.59 Å². The number of amides is 1. The third kappa shape index (κ3) is 4.64. The fourth-order valence-corrected chi connectivity index (χ4v) is 2.32. The Morgan fingerprint density at radius 3 is 2.67 bits per heavy atom. The molecule has 0 saturated heterocycles. The van der Waals surface area contributed by atoms with Crippen LogP contribution in [0.2, 0.25) is 0 Å². The fraction of sp³-hybridized carbons (Fsp3) is 0.150. The number of esters is 1. The molecule has 7 heteroatoms. The maximum absolute atomic E-state index is 12.2. The lowest BCUT2D eigenvalue weighted by atomic mass is 10.1. The Morgan fingerprint density at radius 1 is 1.19 bits per heavy atom. The van der Waals surface area contributed by atoms with Crippen LogP contribution in [0.3, 0.4) is 0 Å². The number of benzene rings is 2. The number of rotatable bonds is 5. The minimum atomic E-state index is -0.978. The molecule has 0 aromatic heterocycles. The molecule has 27 heavy (non-hydrogen) atoms. The maximum atomic E-state index is 12.2. The van der Waals surface area contributed by atoms with Gasteiger partial charge in [-0.15, -0.1) is 0 Å². The number of fused-ring (bicyclic) bond motifs is 1. The molecule has 7 nitrogen and oxygen atoms in total. The van der Waals surface area contributed by atoms with E-state index in [1.54, 1.807) is 48.5 Å². The Labute approximate surface area is 155 Å². The summed E-state index contributed by atoms with van der Waals surface area (Å²) in [5, 5.41) is 11.4. The van der Waals surface area contributed by atoms with Crippen LogP contribution in [0.25, 0.3) is 6.08 Å². The van der Waals surface area contributed by atoms with Gasteiger partial charge in [-0.3, -0.25) is 4.79 Å². The fourth-order valence-electron chi connectivity index (χ4n) is 2.32. The summed E-state index contributed by atoms with van der Waals surface area (Å²) in [4.78, 5) is 24.1. The highest BCUT2D eigenvalue weighted by Crippen LogP contribution is 2.34. The summed E-state index contributed by atoms with van der Waals surface area (Å²) in [5.41, 5.74) is 1.78. The summed E-state index contributed by atoms with van der Waals surface area (Å²) in [6.07, 6.45) is 1.80. The van der Waals surface area contributed by atoms with Gasteiger partial charge in [0.15, 0.2) is 17.6 Å². The maximum Gasteiger partial charge on any atom is 0.331 e. The largest absolute Gasteiger partial charge is 0.454 e. The van der Waals surface area contributed by atoms with Crippen molar-refractivity contribution in [1.82, 2.24) is 0 Å². The number of nitriles is 1. The normalized spacial score (nSPS) is 13.0. The van der Waals surface area contributed by atoms with Crippen molar-refractivity contribution < 1.29 is 23.8 Å². The molecule has 1 aliphatic rings. The minimum absolute atomic E-state index is 0.145. The van der Waals surface area contributed by atoms with Crippen molar-refractivity contribution in [2.45, 2.75) is 13.0 Å². The molecule has 136 valence electrons. The van der Waals surface area contributed by atoms with E-state index in [2.05, 4.69) is 5.32 Å². The van der Waals surface area contributed by atoms with Gasteiger partial charge in [0.25, 0.3) is 5.91 Å². The third-order valence-electron chi connectivity index (χ3n) is 3.75. The average molecular weight is 364 g/mol. The smallest absolute Gasteiger partial charge is 0.331 e. The highest BCUT2D eigenvalue weighted by molar-refractivity contribution is 5.96. The first-order chi connectivity index (χ1) is 13.0. The molecule has 1 N–H and O–H groups in total. The number of carbonyl (C=O) groups is 2. The van der Waals surface area contributed by atoms with Crippen LogP contribution < -0.4 is 14.8 Å². The van der Waals surface area contributed by atoms with Gasteiger partial charge in [0.2, 0.25) is 6.79 Å². The first-order valence-corrected chi connectivity index (χ1v) is 8.14. The van der Waals surface area contributed by atoms with E-state index in [-0.39, 0.29) is 6.79 Å². The van der Waals surface area contributed by atoms with Gasteiger partial charge in [0.05, 0.1) is 11.6 Å². The van der Waals surface area contributed by atoms with E-state index in [1.807, 2.05) is 6.07 Å². The number of carbonyl (C=O) groups excluding carboxylic acids is 2. The van der Waals surface area contributed by atoms with E-state index in [0.29, 0.717) is 22.7 Å². The van der Waals surface area contributed by atoms with Crippen molar-refractivity contribution in [3.63, 3.8) is 0 Å². The molecule has 0 aliphatic carbocycles. The predicted octanol–water partition coefficient (Wildman–Crippen LogP) is 2.87. The summed E-state index contributed by atoms with van der Waals surface area (Å²) >= 11 is 0. The van der Waals surface area contributed by atoms with Crippen molar-refractivity contribution in [3.05, 3.63) is 59.7 Å². The van der Waals surface area contributed by atoms with Crippen molar-refractivity contribution in [2.24, 2.45) is 0 Å². The molecule has 2 aromatic carbocycles. The summed E-state index contributed by atoms with van der Waals surface area (Å²) in [6.45, 7) is 1.63. The predicted molar refractivity (Wildman–Crippen MR) is 96.9 cm³/mol. The van der Waals surface area contributed by atoms with E-state index >= 15 is 0 Å². The second kappa shape index (κ2) is 8.06. The van der Waals surface area contributed by atoms with Gasteiger partial charge in [-0.05, 0) is 42.8 Å². The molecule has 0 saturated carbocycles. The molecule has 1 atom stereocenters. The topological polar surface area (TPSA) is 97.7 Å². The standard InChI is InChI=1S/C20H16N2O5/c1-13(20(24)22-16-7-8-17-18(10-16)26-12-25-17)27-19(23)9-6-14-2-4-15(11-21)5-3-14/h2-10,13H,12H2,1H3,(H,22,24)/b9-6+/t13-/m1/s1. The van der Waals surface area contributed by atoms with Crippen LogP contribution in [0.15, 0.2) is 48.5 Å². The lowest BCUT2D eigenvalue weighted by Crippen LogP contribution is -2.29. The Bertz CT molecular complexity index is 928. The summed E-state index contributed by atoms with van der Waals surface area (Å²) < 4.78 is 15.6. The van der Waals surface area contributed by atoms with Crippen LogP contribution >= 0.6 is 0 Å². The summed E-state index contributed by atoms with van der Waals surface area (Å²) in [7, 11) is 0. The zero-order valence-electron chi connectivity index (χ0n) is 14.5. The summed E-state index contributed by atoms with van der Waals surface area (Å²) in [6, 6.07) is 13.7. The Hall–Kier alpha value is -3.79. The second-order valence-electron chi connectivity index (χ2n) is 5.70. The van der Waals surface area contributed by atoms with Crippen LogP contribution in [0, 0.1) is 11.3 Å². The van der Waals surface area contributed by atoms with E-state index in [1.165, 1.54) is 13.0 Å². The molecule has 0 radical (unpaired) electrons. The highest BCUT2D eigenvalue weighted by atomic mass is 16.7. The van der Waals surface area contributed by atoms with Crippen molar-refractivity contribution >= 4 is 23.6 Å². The lowest BCUT2D eigenvalue weighted by molar-refractivity contribution is -0.148. The number of nitrogens with one attached hydrogen (secondary N) is 1. The zero-order chi connectivity index (χ0) is 19.2. The molecular formula is C20H16N2O5. The van der Waals surface area contributed by atoms with E-state index in [4.69, 9.17) is 19.5 Å². The quantitative estimate of drug-likeness (QED) is 0.647. The molecule has 1 amide bonds. The van der Waals surface area contributed by atoms with Crippen LogP contribution in [0.1, 0.15) is 18.1 Å². The average Bonchev–Trinajstić information content (AvgIpc) is 3.14. The Morgan fingerprint density at radius 2 is 1.93 bits per heavy atom. The van der Waals surface area contributed by atoms with E-state index in [0.717, 1.165) is 5.56 Å². The number of nitrogens with zero attached hydrogens (tertiary/aromatic N) is 1. The van der Waals surface area contributed by atoms with Crippen molar-refractivity contribution in [3.8, 4) is 17.6 Å². The van der Waals surface area contributed by atoms with Gasteiger partial charge in [0.1, 0.15) is 0 Å². The summed E-state index contributed by atoms with van der Waals surface area (Å²) in [5.74, 6) is 0.0462. The van der Waals surface area contributed by atoms with Gasteiger partial charge in [-0.2, -0.15) is 5.26 Å². The van der Waals surface area contributed by atoms with Crippen molar-refractivity contribution in [2.75, 3.05) is 12.1 Å². The Kier molecular flexibility index (Phi) is 5.38. The number of anilines is 1. The molecule has 0 fully saturated rings. The lowest BCUT2D eigenvalue weighted by Gasteiger charge is -2.12. The molecular weight excluding hydrogens is 348 g/mol. The van der Waals surface area contributed by atoms with Gasteiger partial charge in [-0.25, -0.2) is 4.79 Å². The number of hydrogen-bond donors (Lipinski definition) is 1. The van der Waals surface area contributed by atoms with Crippen LogP contribution in [0.4, 0.5) is 5.69 Å². The molecule has 0 unspecified atom stereocenters. The Balaban J connectivity index is 1.53. The minimum Gasteiger partial charge on any atom is -0.454 e. The molecule has 1 aliphatic heterocycles. The molecule has 0 spiro atoms. The monoisotopic (exact) mass is 364 g/mol. The first-order valence-electron chi connectivity index (χ1n) is 8.14. The SMILES string of the molecule is C[C@@H](OC(=O)/C=C/c1ccc(C#N)cc1)C(=O)Nc1ccc2c(c1)OCO2. The highest BCUT2D eigenvalue weighted by Gasteiger charge is 2.19. The molecule has 2 aromatic rings. The second-order valence-corrected chi connectivity index (χ2v) is 5.70. The van der Waals surface area contributed by atoms with Crippen LogP contribution in [0.5, 0.6) is 11.5 Å². The molecule has 1 heterocycles. The number of ether oxygens (including phenoxy) is 3. The van der Waals surface area contributed by atoms with Gasteiger partial charge < -0.3 is 19.5 Å². The van der Waals surface area contributed by atoms with Gasteiger partial charge >= 0.3 is 5.97 Å².